The number of rotatable bonds is 2. The van der Waals surface area contributed by atoms with Crippen molar-refractivity contribution in [2.45, 2.75) is 33.2 Å². The quantitative estimate of drug-likeness (QED) is 0.835. The molecule has 0 bridgehead atoms. The number of methoxy groups -OCH3 is 1. The molecule has 0 radical (unpaired) electrons. The Bertz CT molecular complexity index is 599. The molecule has 0 aliphatic carbocycles. The van der Waals surface area contributed by atoms with Gasteiger partial charge in [-0.25, -0.2) is 14.1 Å². The summed E-state index contributed by atoms with van der Waals surface area (Å²) in [6.07, 6.45) is 0. The number of ether oxygens (including phenoxy) is 1. The van der Waals surface area contributed by atoms with Crippen LogP contribution in [0.25, 0.3) is 11.4 Å². The van der Waals surface area contributed by atoms with Crippen LogP contribution in [0, 0.1) is 12.7 Å². The zero-order chi connectivity index (χ0) is 14.2. The number of aromatic nitrogens is 3. The molecule has 0 amide bonds. The molecule has 2 rings (SSSR count). The summed E-state index contributed by atoms with van der Waals surface area (Å²) in [5.74, 6) is 1.05. The molecule has 1 heterocycles. The standard InChI is InChI=1S/C14H18FN3O/c1-9-16-13(18(17-9)14(2,3)4)10-7-6-8-11(15)12(10)19-5/h6-8H,1-5H3. The second kappa shape index (κ2) is 4.64. The minimum atomic E-state index is -0.402. The fourth-order valence-corrected chi connectivity index (χ4v) is 1.95. The van der Waals surface area contributed by atoms with Crippen LogP contribution in [-0.4, -0.2) is 21.9 Å². The Morgan fingerprint density at radius 3 is 2.53 bits per heavy atom. The average molecular weight is 263 g/mol. The lowest BCUT2D eigenvalue weighted by Gasteiger charge is -2.21. The summed E-state index contributed by atoms with van der Waals surface area (Å²) >= 11 is 0. The molecule has 5 heteroatoms. The zero-order valence-corrected chi connectivity index (χ0v) is 11.9. The van der Waals surface area contributed by atoms with E-state index in [1.165, 1.54) is 13.2 Å². The van der Waals surface area contributed by atoms with Gasteiger partial charge >= 0.3 is 0 Å². The van der Waals surface area contributed by atoms with Crippen molar-refractivity contribution in [3.05, 3.63) is 29.8 Å². The topological polar surface area (TPSA) is 39.9 Å². The fourth-order valence-electron chi connectivity index (χ4n) is 1.95. The van der Waals surface area contributed by atoms with Gasteiger partial charge in [0.05, 0.1) is 18.2 Å². The first-order chi connectivity index (χ1) is 8.84. The van der Waals surface area contributed by atoms with Gasteiger partial charge in [0.1, 0.15) is 5.82 Å². The number of para-hydroxylation sites is 1. The van der Waals surface area contributed by atoms with Gasteiger partial charge in [-0.1, -0.05) is 6.07 Å². The molecule has 0 aliphatic heterocycles. The van der Waals surface area contributed by atoms with Gasteiger partial charge in [0.2, 0.25) is 0 Å². The van der Waals surface area contributed by atoms with Gasteiger partial charge in [0.25, 0.3) is 0 Å². The van der Waals surface area contributed by atoms with Crippen molar-refractivity contribution in [2.24, 2.45) is 0 Å². The highest BCUT2D eigenvalue weighted by atomic mass is 19.1. The third-order valence-electron chi connectivity index (χ3n) is 2.76. The molecular weight excluding hydrogens is 245 g/mol. The Labute approximate surface area is 112 Å². The van der Waals surface area contributed by atoms with Crippen LogP contribution in [0.3, 0.4) is 0 Å². The van der Waals surface area contributed by atoms with Crippen LogP contribution in [0.1, 0.15) is 26.6 Å². The number of halogens is 1. The van der Waals surface area contributed by atoms with Gasteiger partial charge in [-0.05, 0) is 39.8 Å². The maximum Gasteiger partial charge on any atom is 0.165 e. The molecule has 1 aromatic heterocycles. The molecule has 0 atom stereocenters. The fraction of sp³-hybridized carbons (Fsp3) is 0.429. The Balaban J connectivity index is 2.69. The Hall–Kier alpha value is -1.91. The van der Waals surface area contributed by atoms with E-state index in [0.29, 0.717) is 17.2 Å². The van der Waals surface area contributed by atoms with E-state index in [4.69, 9.17) is 4.74 Å². The summed E-state index contributed by atoms with van der Waals surface area (Å²) in [5, 5.41) is 4.39. The molecule has 102 valence electrons. The van der Waals surface area contributed by atoms with Gasteiger partial charge in [-0.3, -0.25) is 0 Å². The summed E-state index contributed by atoms with van der Waals surface area (Å²) in [7, 11) is 1.45. The van der Waals surface area contributed by atoms with Crippen LogP contribution in [0.15, 0.2) is 18.2 Å². The SMILES string of the molecule is COc1c(F)cccc1-c1nc(C)nn1C(C)(C)C. The highest BCUT2D eigenvalue weighted by Crippen LogP contribution is 2.33. The summed E-state index contributed by atoms with van der Waals surface area (Å²) in [6.45, 7) is 7.89. The lowest BCUT2D eigenvalue weighted by molar-refractivity contribution is 0.355. The third-order valence-corrected chi connectivity index (χ3v) is 2.76. The van der Waals surface area contributed by atoms with Gasteiger partial charge in [-0.15, -0.1) is 0 Å². The highest BCUT2D eigenvalue weighted by Gasteiger charge is 2.24. The van der Waals surface area contributed by atoms with Crippen molar-refractivity contribution < 1.29 is 9.13 Å². The Morgan fingerprint density at radius 2 is 1.95 bits per heavy atom. The Kier molecular flexibility index (Phi) is 3.30. The smallest absolute Gasteiger partial charge is 0.165 e. The van der Waals surface area contributed by atoms with Crippen LogP contribution in [-0.2, 0) is 5.54 Å². The molecule has 2 aromatic rings. The molecule has 4 nitrogen and oxygen atoms in total. The summed E-state index contributed by atoms with van der Waals surface area (Å²) in [5.41, 5.74) is 0.367. The van der Waals surface area contributed by atoms with Crippen molar-refractivity contribution in [3.8, 4) is 17.1 Å². The normalized spacial score (nSPS) is 11.7. The summed E-state index contributed by atoms with van der Waals surface area (Å²) < 4.78 is 20.7. The first-order valence-corrected chi connectivity index (χ1v) is 6.11. The maximum atomic E-state index is 13.8. The van der Waals surface area contributed by atoms with Gasteiger partial charge in [-0.2, -0.15) is 5.10 Å². The Morgan fingerprint density at radius 1 is 1.26 bits per heavy atom. The second-order valence-electron chi connectivity index (χ2n) is 5.39. The lowest BCUT2D eigenvalue weighted by atomic mass is 10.1. The molecule has 0 unspecified atom stereocenters. The van der Waals surface area contributed by atoms with Gasteiger partial charge in [0, 0.05) is 0 Å². The minimum Gasteiger partial charge on any atom is -0.493 e. The summed E-state index contributed by atoms with van der Waals surface area (Å²) in [4.78, 5) is 4.40. The molecule has 0 aliphatic rings. The largest absolute Gasteiger partial charge is 0.493 e. The van der Waals surface area contributed by atoms with E-state index in [1.807, 2.05) is 27.7 Å². The van der Waals surface area contributed by atoms with Crippen LogP contribution in [0.5, 0.6) is 5.75 Å². The number of aryl methyl sites for hydroxylation is 1. The van der Waals surface area contributed by atoms with Crippen molar-refractivity contribution in [3.63, 3.8) is 0 Å². The zero-order valence-electron chi connectivity index (χ0n) is 11.9. The van der Waals surface area contributed by atoms with Gasteiger partial charge in [0.15, 0.2) is 17.4 Å². The van der Waals surface area contributed by atoms with Crippen molar-refractivity contribution in [1.82, 2.24) is 14.8 Å². The molecule has 0 fully saturated rings. The average Bonchev–Trinajstić information content (AvgIpc) is 2.70. The maximum absolute atomic E-state index is 13.8. The lowest BCUT2D eigenvalue weighted by Crippen LogP contribution is -2.24. The van der Waals surface area contributed by atoms with E-state index < -0.39 is 5.82 Å². The van der Waals surface area contributed by atoms with Crippen molar-refractivity contribution >= 4 is 0 Å². The first-order valence-electron chi connectivity index (χ1n) is 6.11. The number of hydrogen-bond acceptors (Lipinski definition) is 3. The molecule has 0 spiro atoms. The minimum absolute atomic E-state index is 0.195. The first kappa shape index (κ1) is 13.5. The highest BCUT2D eigenvalue weighted by molar-refractivity contribution is 5.65. The van der Waals surface area contributed by atoms with Crippen LogP contribution < -0.4 is 4.74 Å². The van der Waals surface area contributed by atoms with E-state index in [-0.39, 0.29) is 11.3 Å². The molecule has 0 N–H and O–H groups in total. The molecule has 0 saturated heterocycles. The van der Waals surface area contributed by atoms with E-state index in [9.17, 15) is 4.39 Å². The predicted molar refractivity (Wildman–Crippen MR) is 71.7 cm³/mol. The van der Waals surface area contributed by atoms with E-state index >= 15 is 0 Å². The number of nitrogens with zero attached hydrogens (tertiary/aromatic N) is 3. The van der Waals surface area contributed by atoms with Crippen molar-refractivity contribution in [2.75, 3.05) is 7.11 Å². The number of hydrogen-bond donors (Lipinski definition) is 0. The van der Waals surface area contributed by atoms with Crippen LogP contribution >= 0.6 is 0 Å². The van der Waals surface area contributed by atoms with E-state index in [2.05, 4.69) is 10.1 Å². The monoisotopic (exact) mass is 263 g/mol. The predicted octanol–water partition coefficient (Wildman–Crippen LogP) is 3.16. The van der Waals surface area contributed by atoms with E-state index in [0.717, 1.165) is 0 Å². The molecule has 1 aromatic carbocycles. The summed E-state index contributed by atoms with van der Waals surface area (Å²) in [6, 6.07) is 4.80. The van der Waals surface area contributed by atoms with Crippen LogP contribution in [0.4, 0.5) is 4.39 Å². The van der Waals surface area contributed by atoms with Crippen LogP contribution in [0.2, 0.25) is 0 Å². The second-order valence-corrected chi connectivity index (χ2v) is 5.39. The third kappa shape index (κ3) is 2.45. The van der Waals surface area contributed by atoms with E-state index in [1.54, 1.807) is 16.8 Å². The number of benzene rings is 1. The molecule has 0 saturated carbocycles. The molecule has 19 heavy (non-hydrogen) atoms. The van der Waals surface area contributed by atoms with Crippen molar-refractivity contribution in [1.29, 1.82) is 0 Å². The van der Waals surface area contributed by atoms with Gasteiger partial charge < -0.3 is 4.74 Å². The molecular formula is C14H18FN3O.